The lowest BCUT2D eigenvalue weighted by Gasteiger charge is -2.46. The zero-order valence-corrected chi connectivity index (χ0v) is 16.6. The Hall–Kier alpha value is -1.51. The highest BCUT2D eigenvalue weighted by Crippen LogP contribution is 2.30. The van der Waals surface area contributed by atoms with Crippen LogP contribution in [0.2, 0.25) is 0 Å². The van der Waals surface area contributed by atoms with E-state index in [2.05, 4.69) is 9.50 Å². The van der Waals surface area contributed by atoms with Crippen LogP contribution in [0.15, 0.2) is 0 Å². The molecule has 180 valence electrons. The monoisotopic (exact) mass is 477 g/mol. The maximum atomic E-state index is 11.5. The number of aliphatic hydroxyl groups is 5. The van der Waals surface area contributed by atoms with Crippen LogP contribution in [0.3, 0.4) is 0 Å². The number of carboxylic acids is 1. The second-order valence-electron chi connectivity index (χ2n) is 6.80. The third-order valence-corrected chi connectivity index (χ3v) is 5.02. The van der Waals surface area contributed by atoms with E-state index >= 15 is 0 Å². The third-order valence-electron chi connectivity index (χ3n) is 4.55. The van der Waals surface area contributed by atoms with Crippen LogP contribution in [-0.4, -0.2) is 123 Å². The molecule has 0 saturated carbocycles. The average Bonchev–Trinajstić information content (AvgIpc) is 2.65. The van der Waals surface area contributed by atoms with E-state index in [-0.39, 0.29) is 0 Å². The maximum Gasteiger partial charge on any atom is 0.397 e. The van der Waals surface area contributed by atoms with Crippen molar-refractivity contribution in [3.63, 3.8) is 0 Å². The van der Waals surface area contributed by atoms with E-state index in [1.54, 1.807) is 0 Å². The molecule has 0 bridgehead atoms. The van der Waals surface area contributed by atoms with Gasteiger partial charge in [0.05, 0.1) is 6.61 Å². The van der Waals surface area contributed by atoms with Crippen LogP contribution in [0.4, 0.5) is 0 Å². The zero-order chi connectivity index (χ0) is 23.7. The molecule has 31 heavy (non-hydrogen) atoms. The Kier molecular flexibility index (Phi) is 8.27. The second-order valence-corrected chi connectivity index (χ2v) is 7.85. The topological polar surface area (TPSA) is 259 Å². The summed E-state index contributed by atoms with van der Waals surface area (Å²) in [6.07, 6.45) is -17.5. The van der Waals surface area contributed by atoms with Gasteiger partial charge in [0.1, 0.15) is 42.7 Å². The molecule has 2 aliphatic heterocycles. The molecular formula is C14H23NO15S. The first-order valence-corrected chi connectivity index (χ1v) is 10.1. The molecule has 1 amide bonds. The number of carboxylic acid groups (broad SMARTS) is 1. The summed E-state index contributed by atoms with van der Waals surface area (Å²) in [6, 6.07) is -1.67. The van der Waals surface area contributed by atoms with Gasteiger partial charge in [0.25, 0.3) is 0 Å². The first-order chi connectivity index (χ1) is 14.3. The molecule has 0 aromatic heterocycles. The summed E-state index contributed by atoms with van der Waals surface area (Å²) in [6.45, 7) is 0.0105. The van der Waals surface area contributed by atoms with Crippen LogP contribution in [0.25, 0.3) is 0 Å². The lowest BCUT2D eigenvalue weighted by Crippen LogP contribution is -2.68. The van der Waals surface area contributed by atoms with E-state index in [0.29, 0.717) is 0 Å². The van der Waals surface area contributed by atoms with Crippen LogP contribution in [0, 0.1) is 0 Å². The molecule has 0 aliphatic carbocycles. The SMILES string of the molecule is CC(=O)N[C@H]1[C@H](O[C@H]2[C@H](O)[C@@H](O)[C@H](O)O[C@@H]2C(=O)O)O[C@H](CO)[C@H](OS(=O)(=O)O)[C@@H]1O. The van der Waals surface area contributed by atoms with Crippen LogP contribution in [0.1, 0.15) is 6.92 Å². The van der Waals surface area contributed by atoms with Crippen LogP contribution >= 0.6 is 0 Å². The molecule has 10 atom stereocenters. The van der Waals surface area contributed by atoms with Gasteiger partial charge in [-0.05, 0) is 0 Å². The first kappa shape index (κ1) is 25.7. The van der Waals surface area contributed by atoms with Crippen molar-refractivity contribution in [3.8, 4) is 0 Å². The Balaban J connectivity index is 2.35. The van der Waals surface area contributed by atoms with Crippen LogP contribution < -0.4 is 5.32 Å². The number of carbonyl (C=O) groups excluding carboxylic acids is 1. The summed E-state index contributed by atoms with van der Waals surface area (Å²) in [5.74, 6) is -2.51. The van der Waals surface area contributed by atoms with Crippen molar-refractivity contribution in [2.24, 2.45) is 0 Å². The number of hydrogen-bond acceptors (Lipinski definition) is 13. The smallest absolute Gasteiger partial charge is 0.397 e. The van der Waals surface area contributed by atoms with E-state index in [4.69, 9.17) is 18.8 Å². The fraction of sp³-hybridized carbons (Fsp3) is 0.857. The molecule has 0 radical (unpaired) electrons. The van der Waals surface area contributed by atoms with Crippen molar-refractivity contribution in [2.45, 2.75) is 68.3 Å². The molecule has 17 heteroatoms. The molecule has 2 aliphatic rings. The van der Waals surface area contributed by atoms with Crippen molar-refractivity contribution in [3.05, 3.63) is 0 Å². The lowest BCUT2D eigenvalue weighted by atomic mass is 9.95. The minimum absolute atomic E-state index is 0.792. The Labute approximate surface area is 174 Å². The van der Waals surface area contributed by atoms with Gasteiger partial charge in [0, 0.05) is 6.92 Å². The van der Waals surface area contributed by atoms with Crippen molar-refractivity contribution in [1.82, 2.24) is 5.32 Å². The summed E-state index contributed by atoms with van der Waals surface area (Å²) in [7, 11) is -5.14. The summed E-state index contributed by atoms with van der Waals surface area (Å²) in [5.41, 5.74) is 0. The molecule has 2 rings (SSSR count). The van der Waals surface area contributed by atoms with E-state index < -0.39 is 90.2 Å². The highest BCUT2D eigenvalue weighted by Gasteiger charge is 2.53. The number of ether oxygens (including phenoxy) is 3. The minimum Gasteiger partial charge on any atom is -0.479 e. The van der Waals surface area contributed by atoms with Gasteiger partial charge in [-0.15, -0.1) is 0 Å². The standard InChI is InChI=1S/C14H23NO15S/c1-3(17)15-5-6(18)9(30-31(24,25)26)4(2-16)27-14(5)29-10-7(19)8(20)13(23)28-11(10)12(21)22/h4-11,13-14,16,18-20,23H,2H2,1H3,(H,15,17)(H,21,22)(H,24,25,26)/t4-,5-,6-,7-,8-,9+,10+,11+,13-,14+/m1/s1. The Bertz CT molecular complexity index is 761. The van der Waals surface area contributed by atoms with Crippen LogP contribution in [-0.2, 0) is 38.4 Å². The first-order valence-electron chi connectivity index (χ1n) is 8.72. The fourth-order valence-corrected chi connectivity index (χ4v) is 3.70. The number of nitrogens with one attached hydrogen (secondary N) is 1. The number of aliphatic hydroxyl groups excluding tert-OH is 5. The number of carbonyl (C=O) groups is 2. The Morgan fingerprint density at radius 2 is 1.65 bits per heavy atom. The number of amides is 1. The summed E-state index contributed by atoms with van der Waals surface area (Å²) >= 11 is 0. The molecule has 0 aromatic rings. The number of rotatable bonds is 7. The molecule has 2 fully saturated rings. The van der Waals surface area contributed by atoms with E-state index in [1.165, 1.54) is 0 Å². The minimum atomic E-state index is -5.14. The number of aliphatic carboxylic acids is 1. The van der Waals surface area contributed by atoms with Gasteiger partial charge < -0.3 is 50.2 Å². The molecule has 2 heterocycles. The molecule has 16 nitrogen and oxygen atoms in total. The van der Waals surface area contributed by atoms with Gasteiger partial charge in [-0.25, -0.2) is 8.98 Å². The quantitative estimate of drug-likeness (QED) is 0.159. The molecule has 8 N–H and O–H groups in total. The molecule has 0 unspecified atom stereocenters. The molecule has 0 spiro atoms. The van der Waals surface area contributed by atoms with Crippen molar-refractivity contribution in [1.29, 1.82) is 0 Å². The van der Waals surface area contributed by atoms with Crippen molar-refractivity contribution < 1.29 is 71.6 Å². The van der Waals surface area contributed by atoms with Gasteiger partial charge in [-0.3, -0.25) is 9.35 Å². The Morgan fingerprint density at radius 3 is 2.13 bits per heavy atom. The summed E-state index contributed by atoms with van der Waals surface area (Å²) in [4.78, 5) is 23.0. The fourth-order valence-electron chi connectivity index (χ4n) is 3.19. The van der Waals surface area contributed by atoms with Crippen molar-refractivity contribution >= 4 is 22.3 Å². The molecule has 2 saturated heterocycles. The third kappa shape index (κ3) is 6.05. The second kappa shape index (κ2) is 9.96. The highest BCUT2D eigenvalue weighted by molar-refractivity contribution is 7.80. The van der Waals surface area contributed by atoms with E-state index in [0.717, 1.165) is 6.92 Å². The van der Waals surface area contributed by atoms with Crippen LogP contribution in [0.5, 0.6) is 0 Å². The van der Waals surface area contributed by atoms with E-state index in [1.807, 2.05) is 0 Å². The summed E-state index contributed by atoms with van der Waals surface area (Å²) < 4.78 is 50.6. The van der Waals surface area contributed by atoms with Gasteiger partial charge in [0.2, 0.25) is 5.91 Å². The van der Waals surface area contributed by atoms with Gasteiger partial charge in [-0.2, -0.15) is 8.42 Å². The molecule has 0 aromatic carbocycles. The van der Waals surface area contributed by atoms with Gasteiger partial charge in [-0.1, -0.05) is 0 Å². The Morgan fingerprint density at radius 1 is 1.03 bits per heavy atom. The predicted octanol–water partition coefficient (Wildman–Crippen LogP) is -5.33. The summed E-state index contributed by atoms with van der Waals surface area (Å²) in [5, 5.41) is 60.8. The van der Waals surface area contributed by atoms with E-state index in [9.17, 15) is 48.6 Å². The highest BCUT2D eigenvalue weighted by atomic mass is 32.3. The predicted molar refractivity (Wildman–Crippen MR) is 91.2 cm³/mol. The lowest BCUT2D eigenvalue weighted by molar-refractivity contribution is -0.334. The van der Waals surface area contributed by atoms with Gasteiger partial charge in [0.15, 0.2) is 18.7 Å². The maximum absolute atomic E-state index is 11.5. The normalized spacial score (nSPS) is 41.5. The average molecular weight is 477 g/mol. The zero-order valence-electron chi connectivity index (χ0n) is 15.8. The van der Waals surface area contributed by atoms with Gasteiger partial charge >= 0.3 is 16.4 Å². The molecular weight excluding hydrogens is 454 g/mol. The largest absolute Gasteiger partial charge is 0.479 e. The number of hydrogen-bond donors (Lipinski definition) is 8. The van der Waals surface area contributed by atoms with Crippen molar-refractivity contribution in [2.75, 3.05) is 6.61 Å².